The van der Waals surface area contributed by atoms with E-state index in [-0.39, 0.29) is 0 Å². The third kappa shape index (κ3) is 5.95. The Hall–Kier alpha value is -0.780. The Bertz CT molecular complexity index is 225. The second kappa shape index (κ2) is 6.08. The lowest BCUT2D eigenvalue weighted by molar-refractivity contribution is -0.153. The highest BCUT2D eigenvalue weighted by Crippen LogP contribution is 2.19. The van der Waals surface area contributed by atoms with Crippen molar-refractivity contribution in [3.63, 3.8) is 0 Å². The quantitative estimate of drug-likeness (QED) is 0.778. The van der Waals surface area contributed by atoms with Crippen LogP contribution in [0, 0.1) is 5.92 Å². The van der Waals surface area contributed by atoms with Crippen LogP contribution in [0.4, 0.5) is 13.2 Å². The smallest absolute Gasteiger partial charge is 0.356 e. The summed E-state index contributed by atoms with van der Waals surface area (Å²) in [5.74, 6) is -0.408. The van der Waals surface area contributed by atoms with Gasteiger partial charge in [-0.15, -0.1) is 0 Å². The first-order valence-corrected chi connectivity index (χ1v) is 5.51. The fourth-order valence-corrected chi connectivity index (χ4v) is 1.83. The van der Waals surface area contributed by atoms with Crippen molar-refractivity contribution < 1.29 is 18.0 Å². The summed E-state index contributed by atoms with van der Waals surface area (Å²) in [4.78, 5) is 10.9. The second-order valence-electron chi connectivity index (χ2n) is 4.12. The zero-order chi connectivity index (χ0) is 12.0. The summed E-state index contributed by atoms with van der Waals surface area (Å²) in [5, 5.41) is 5.52. The largest absolute Gasteiger partial charge is 0.397 e. The number of hydrogen-bond donors (Lipinski definition) is 2. The number of amides is 1. The lowest BCUT2D eigenvalue weighted by Crippen LogP contribution is -2.33. The third-order valence-electron chi connectivity index (χ3n) is 2.69. The topological polar surface area (TPSA) is 41.1 Å². The van der Waals surface area contributed by atoms with Crippen LogP contribution < -0.4 is 10.6 Å². The zero-order valence-electron chi connectivity index (χ0n) is 9.07. The van der Waals surface area contributed by atoms with E-state index in [1.807, 2.05) is 0 Å². The van der Waals surface area contributed by atoms with Crippen LogP contribution in [0.1, 0.15) is 25.7 Å². The van der Waals surface area contributed by atoms with Gasteiger partial charge in [-0.05, 0) is 38.3 Å². The maximum absolute atomic E-state index is 11.8. The molecule has 94 valence electrons. The lowest BCUT2D eigenvalue weighted by Gasteiger charge is -2.22. The van der Waals surface area contributed by atoms with Gasteiger partial charge in [-0.2, -0.15) is 13.2 Å². The molecule has 0 aromatic rings. The fraction of sp³-hybridized carbons (Fsp3) is 0.900. The van der Waals surface area contributed by atoms with Crippen molar-refractivity contribution in [1.82, 2.24) is 10.6 Å². The van der Waals surface area contributed by atoms with Crippen LogP contribution in [0.3, 0.4) is 0 Å². The van der Waals surface area contributed by atoms with E-state index < -0.39 is 18.5 Å². The Kier molecular flexibility index (Phi) is 5.05. The summed E-state index contributed by atoms with van der Waals surface area (Å²) in [6.07, 6.45) is -2.94. The van der Waals surface area contributed by atoms with E-state index in [0.29, 0.717) is 12.5 Å². The predicted octanol–water partition coefficient (Wildman–Crippen LogP) is 1.44. The number of halogens is 3. The van der Waals surface area contributed by atoms with Crippen LogP contribution in [-0.4, -0.2) is 31.7 Å². The molecule has 1 fully saturated rings. The monoisotopic (exact) mass is 238 g/mol. The molecule has 1 saturated heterocycles. The van der Waals surface area contributed by atoms with E-state index in [1.54, 1.807) is 0 Å². The molecule has 1 aliphatic rings. The molecular weight excluding hydrogens is 221 g/mol. The normalized spacial score (nSPS) is 18.4. The van der Waals surface area contributed by atoms with Crippen molar-refractivity contribution in [2.75, 3.05) is 19.6 Å². The average Bonchev–Trinajstić information content (AvgIpc) is 2.16. The Morgan fingerprint density at radius 3 is 2.50 bits per heavy atom. The van der Waals surface area contributed by atoms with Gasteiger partial charge in [-0.1, -0.05) is 0 Å². The van der Waals surface area contributed by atoms with Crippen molar-refractivity contribution in [3.8, 4) is 0 Å². The highest BCUT2D eigenvalue weighted by atomic mass is 19.4. The van der Waals surface area contributed by atoms with E-state index in [0.717, 1.165) is 32.4 Å². The molecule has 1 rings (SSSR count). The summed E-state index contributed by atoms with van der Waals surface area (Å²) >= 11 is 0. The van der Waals surface area contributed by atoms with E-state index in [4.69, 9.17) is 0 Å². The zero-order valence-corrected chi connectivity index (χ0v) is 9.07. The number of nitrogens with one attached hydrogen (secondary N) is 2. The SMILES string of the molecule is O=C(CC(F)(F)F)NCCC1CCNCC1. The van der Waals surface area contributed by atoms with E-state index in [2.05, 4.69) is 10.6 Å². The van der Waals surface area contributed by atoms with Gasteiger partial charge in [0.2, 0.25) is 5.91 Å². The highest BCUT2D eigenvalue weighted by Gasteiger charge is 2.30. The van der Waals surface area contributed by atoms with Crippen LogP contribution in [0.15, 0.2) is 0 Å². The standard InChI is InChI=1S/C10H17F3N2O/c11-10(12,13)7-9(16)15-6-3-8-1-4-14-5-2-8/h8,14H,1-7H2,(H,15,16). The van der Waals surface area contributed by atoms with Gasteiger partial charge in [-0.25, -0.2) is 0 Å². The van der Waals surface area contributed by atoms with Gasteiger partial charge in [0.25, 0.3) is 0 Å². The van der Waals surface area contributed by atoms with Crippen LogP contribution in [0.5, 0.6) is 0 Å². The Morgan fingerprint density at radius 1 is 1.31 bits per heavy atom. The van der Waals surface area contributed by atoms with Gasteiger partial charge < -0.3 is 10.6 Å². The molecule has 0 atom stereocenters. The minimum atomic E-state index is -4.40. The minimum absolute atomic E-state index is 0.347. The van der Waals surface area contributed by atoms with Gasteiger partial charge in [0.15, 0.2) is 0 Å². The Labute approximate surface area is 92.8 Å². The molecule has 0 unspecified atom stereocenters. The first-order valence-electron chi connectivity index (χ1n) is 5.51. The number of carbonyl (C=O) groups is 1. The van der Waals surface area contributed by atoms with Crippen LogP contribution in [0.25, 0.3) is 0 Å². The van der Waals surface area contributed by atoms with Gasteiger partial charge in [0, 0.05) is 6.54 Å². The van der Waals surface area contributed by atoms with Gasteiger partial charge >= 0.3 is 6.18 Å². The Morgan fingerprint density at radius 2 is 1.94 bits per heavy atom. The van der Waals surface area contributed by atoms with Gasteiger partial charge in [0.05, 0.1) is 0 Å². The summed E-state index contributed by atoms with van der Waals surface area (Å²) in [6, 6.07) is 0. The van der Waals surface area contributed by atoms with E-state index in [9.17, 15) is 18.0 Å². The molecule has 6 heteroatoms. The summed E-state index contributed by atoms with van der Waals surface area (Å²) in [6.45, 7) is 2.27. The molecule has 0 saturated carbocycles. The molecule has 0 spiro atoms. The maximum atomic E-state index is 11.8. The molecule has 0 aromatic heterocycles. The number of carbonyl (C=O) groups excluding carboxylic acids is 1. The second-order valence-corrected chi connectivity index (χ2v) is 4.12. The summed E-state index contributed by atoms with van der Waals surface area (Å²) in [5.41, 5.74) is 0. The van der Waals surface area contributed by atoms with Crippen molar-refractivity contribution in [2.24, 2.45) is 5.92 Å². The third-order valence-corrected chi connectivity index (χ3v) is 2.69. The lowest BCUT2D eigenvalue weighted by atomic mass is 9.95. The highest BCUT2D eigenvalue weighted by molar-refractivity contribution is 5.76. The molecule has 3 nitrogen and oxygen atoms in total. The molecule has 0 aromatic carbocycles. The van der Waals surface area contributed by atoms with E-state index in [1.165, 1.54) is 0 Å². The fourth-order valence-electron chi connectivity index (χ4n) is 1.83. The van der Waals surface area contributed by atoms with Crippen LogP contribution >= 0.6 is 0 Å². The summed E-state index contributed by atoms with van der Waals surface area (Å²) < 4.78 is 35.5. The molecule has 2 N–H and O–H groups in total. The van der Waals surface area contributed by atoms with E-state index >= 15 is 0 Å². The first kappa shape index (κ1) is 13.3. The van der Waals surface area contributed by atoms with Crippen molar-refractivity contribution in [3.05, 3.63) is 0 Å². The maximum Gasteiger partial charge on any atom is 0.397 e. The molecule has 1 amide bonds. The number of hydrogen-bond acceptors (Lipinski definition) is 2. The van der Waals surface area contributed by atoms with Crippen molar-refractivity contribution >= 4 is 5.91 Å². The van der Waals surface area contributed by atoms with Crippen LogP contribution in [0.2, 0.25) is 0 Å². The number of rotatable bonds is 4. The Balaban J connectivity index is 2.08. The van der Waals surface area contributed by atoms with Gasteiger partial charge in [-0.3, -0.25) is 4.79 Å². The number of alkyl halides is 3. The molecule has 0 bridgehead atoms. The first-order chi connectivity index (χ1) is 7.47. The molecule has 0 aliphatic carbocycles. The summed E-state index contributed by atoms with van der Waals surface area (Å²) in [7, 11) is 0. The average molecular weight is 238 g/mol. The molecule has 0 radical (unpaired) electrons. The van der Waals surface area contributed by atoms with Crippen molar-refractivity contribution in [1.29, 1.82) is 0 Å². The predicted molar refractivity (Wildman–Crippen MR) is 53.9 cm³/mol. The number of piperidine rings is 1. The van der Waals surface area contributed by atoms with Gasteiger partial charge in [0.1, 0.15) is 6.42 Å². The molecular formula is C10H17F3N2O. The molecule has 1 heterocycles. The molecule has 1 aliphatic heterocycles. The van der Waals surface area contributed by atoms with Crippen molar-refractivity contribution in [2.45, 2.75) is 31.9 Å². The minimum Gasteiger partial charge on any atom is -0.356 e. The molecule has 16 heavy (non-hydrogen) atoms. The van der Waals surface area contributed by atoms with Crippen LogP contribution in [-0.2, 0) is 4.79 Å².